The predicted octanol–water partition coefficient (Wildman–Crippen LogP) is 2.03. The van der Waals surface area contributed by atoms with Crippen molar-refractivity contribution in [1.82, 2.24) is 9.29 Å². The van der Waals surface area contributed by atoms with Gasteiger partial charge in [0.25, 0.3) is 0 Å². The van der Waals surface area contributed by atoms with E-state index in [1.165, 1.54) is 0 Å². The highest BCUT2D eigenvalue weighted by Crippen LogP contribution is 2.26. The molecule has 112 valence electrons. The zero-order valence-corrected chi connectivity index (χ0v) is 13.5. The smallest absolute Gasteiger partial charge is 0.243 e. The van der Waals surface area contributed by atoms with Gasteiger partial charge in [-0.25, -0.2) is 13.4 Å². The second-order valence-corrected chi connectivity index (χ2v) is 8.02. The van der Waals surface area contributed by atoms with E-state index in [0.717, 1.165) is 18.7 Å². The van der Waals surface area contributed by atoms with Crippen LogP contribution in [0.25, 0.3) is 0 Å². The summed E-state index contributed by atoms with van der Waals surface area (Å²) in [7, 11) is -3.41. The third kappa shape index (κ3) is 3.45. The first-order valence-electron chi connectivity index (χ1n) is 6.89. The molecule has 0 aromatic carbocycles. The summed E-state index contributed by atoms with van der Waals surface area (Å²) in [5.41, 5.74) is 0. The standard InChI is InChI=1S/C13H21N3O2S2/c1-3-11-10-16(7-8-19-11)20(17,18)12-5-6-15-13(9-12)14-4-2/h5-6,9,11H,3-4,7-8,10H2,1-2H3,(H,14,15). The number of hydrogen-bond donors (Lipinski definition) is 1. The summed E-state index contributed by atoms with van der Waals surface area (Å²) in [5, 5.41) is 3.44. The number of nitrogens with zero attached hydrogens (tertiary/aromatic N) is 2. The zero-order chi connectivity index (χ0) is 14.6. The molecule has 1 unspecified atom stereocenters. The molecule has 2 heterocycles. The number of anilines is 1. The van der Waals surface area contributed by atoms with E-state index >= 15 is 0 Å². The molecule has 5 nitrogen and oxygen atoms in total. The molecule has 0 amide bonds. The Morgan fingerprint density at radius 3 is 3.00 bits per heavy atom. The van der Waals surface area contributed by atoms with Crippen LogP contribution in [0.2, 0.25) is 0 Å². The molecule has 7 heteroatoms. The maximum atomic E-state index is 12.7. The number of aromatic nitrogens is 1. The molecule has 1 aromatic heterocycles. The average molecular weight is 315 g/mol. The summed E-state index contributed by atoms with van der Waals surface area (Å²) in [6, 6.07) is 3.18. The van der Waals surface area contributed by atoms with Gasteiger partial charge in [0.2, 0.25) is 10.0 Å². The summed E-state index contributed by atoms with van der Waals surface area (Å²) in [5.74, 6) is 1.47. The molecule has 1 N–H and O–H groups in total. The molecule has 0 aliphatic carbocycles. The van der Waals surface area contributed by atoms with Crippen molar-refractivity contribution >= 4 is 27.6 Å². The van der Waals surface area contributed by atoms with Crippen molar-refractivity contribution in [3.05, 3.63) is 18.3 Å². The van der Waals surface area contributed by atoms with Crippen LogP contribution in [-0.4, -0.2) is 48.3 Å². The van der Waals surface area contributed by atoms with Crippen molar-refractivity contribution in [2.75, 3.05) is 30.7 Å². The minimum Gasteiger partial charge on any atom is -0.370 e. The molecule has 1 aliphatic heterocycles. The molecule has 1 aliphatic rings. The van der Waals surface area contributed by atoms with Crippen molar-refractivity contribution in [1.29, 1.82) is 0 Å². The van der Waals surface area contributed by atoms with Gasteiger partial charge in [0, 0.05) is 42.9 Å². The van der Waals surface area contributed by atoms with Crippen LogP contribution in [0, 0.1) is 0 Å². The first-order valence-corrected chi connectivity index (χ1v) is 9.38. The van der Waals surface area contributed by atoms with Gasteiger partial charge in [-0.05, 0) is 19.4 Å². The SMILES string of the molecule is CCNc1cc(S(=O)(=O)N2CCSC(CC)C2)ccn1. The van der Waals surface area contributed by atoms with Gasteiger partial charge in [-0.3, -0.25) is 0 Å². The van der Waals surface area contributed by atoms with E-state index in [0.29, 0.717) is 29.1 Å². The van der Waals surface area contributed by atoms with Crippen LogP contribution >= 0.6 is 11.8 Å². The van der Waals surface area contributed by atoms with Gasteiger partial charge < -0.3 is 5.32 Å². The Morgan fingerprint density at radius 1 is 1.50 bits per heavy atom. The summed E-state index contributed by atoms with van der Waals surface area (Å²) in [6.45, 7) is 5.96. The monoisotopic (exact) mass is 315 g/mol. The van der Waals surface area contributed by atoms with E-state index in [2.05, 4.69) is 17.2 Å². The van der Waals surface area contributed by atoms with Crippen molar-refractivity contribution in [2.24, 2.45) is 0 Å². The normalized spacial score (nSPS) is 20.8. The molecule has 1 saturated heterocycles. The summed E-state index contributed by atoms with van der Waals surface area (Å²) in [6.07, 6.45) is 2.54. The minimum absolute atomic E-state index is 0.324. The summed E-state index contributed by atoms with van der Waals surface area (Å²) in [4.78, 5) is 4.44. The summed E-state index contributed by atoms with van der Waals surface area (Å²) >= 11 is 1.86. The second kappa shape index (κ2) is 6.78. The van der Waals surface area contributed by atoms with Gasteiger partial charge in [-0.2, -0.15) is 16.1 Å². The van der Waals surface area contributed by atoms with Crippen LogP contribution in [-0.2, 0) is 10.0 Å². The van der Waals surface area contributed by atoms with Crippen LogP contribution < -0.4 is 5.32 Å². The molecule has 20 heavy (non-hydrogen) atoms. The fraction of sp³-hybridized carbons (Fsp3) is 0.615. The molecular formula is C13H21N3O2S2. The van der Waals surface area contributed by atoms with Gasteiger partial charge in [-0.15, -0.1) is 0 Å². The first kappa shape index (κ1) is 15.6. The van der Waals surface area contributed by atoms with Gasteiger partial charge >= 0.3 is 0 Å². The molecule has 0 bridgehead atoms. The summed E-state index contributed by atoms with van der Waals surface area (Å²) < 4.78 is 26.9. The van der Waals surface area contributed by atoms with Crippen LogP contribution in [0.5, 0.6) is 0 Å². The van der Waals surface area contributed by atoms with Gasteiger partial charge in [0.05, 0.1) is 4.90 Å². The van der Waals surface area contributed by atoms with Crippen molar-refractivity contribution < 1.29 is 8.42 Å². The molecule has 0 saturated carbocycles. The Bertz CT molecular complexity index is 548. The van der Waals surface area contributed by atoms with E-state index in [4.69, 9.17) is 0 Å². The van der Waals surface area contributed by atoms with Crippen molar-refractivity contribution in [3.63, 3.8) is 0 Å². The Labute approximate surface area is 125 Å². The molecule has 1 atom stereocenters. The predicted molar refractivity (Wildman–Crippen MR) is 83.7 cm³/mol. The molecule has 2 rings (SSSR count). The molecule has 1 fully saturated rings. The van der Waals surface area contributed by atoms with Crippen molar-refractivity contribution in [2.45, 2.75) is 30.4 Å². The van der Waals surface area contributed by atoms with Gasteiger partial charge in [0.1, 0.15) is 5.82 Å². The highest BCUT2D eigenvalue weighted by Gasteiger charge is 2.30. The van der Waals surface area contributed by atoms with Crippen molar-refractivity contribution in [3.8, 4) is 0 Å². The first-order chi connectivity index (χ1) is 9.57. The van der Waals surface area contributed by atoms with E-state index < -0.39 is 10.0 Å². The van der Waals surface area contributed by atoms with Gasteiger partial charge in [-0.1, -0.05) is 6.92 Å². The quantitative estimate of drug-likeness (QED) is 0.901. The Kier molecular flexibility index (Phi) is 5.29. The van der Waals surface area contributed by atoms with E-state index in [9.17, 15) is 8.42 Å². The lowest BCUT2D eigenvalue weighted by atomic mass is 10.3. The third-order valence-electron chi connectivity index (χ3n) is 3.28. The van der Waals surface area contributed by atoms with Crippen LogP contribution in [0.3, 0.4) is 0 Å². The Balaban J connectivity index is 2.23. The number of hydrogen-bond acceptors (Lipinski definition) is 5. The van der Waals surface area contributed by atoms with E-state index in [1.54, 1.807) is 22.6 Å². The largest absolute Gasteiger partial charge is 0.370 e. The molecule has 1 aromatic rings. The highest BCUT2D eigenvalue weighted by atomic mass is 32.2. The number of rotatable bonds is 5. The van der Waals surface area contributed by atoms with Crippen LogP contribution in [0.1, 0.15) is 20.3 Å². The third-order valence-corrected chi connectivity index (χ3v) is 6.52. The minimum atomic E-state index is -3.41. The maximum Gasteiger partial charge on any atom is 0.243 e. The fourth-order valence-corrected chi connectivity index (χ4v) is 5.05. The number of nitrogens with one attached hydrogen (secondary N) is 1. The Hall–Kier alpha value is -0.790. The molecule has 0 radical (unpaired) electrons. The fourth-order valence-electron chi connectivity index (χ4n) is 2.16. The second-order valence-electron chi connectivity index (χ2n) is 4.67. The zero-order valence-electron chi connectivity index (χ0n) is 11.9. The van der Waals surface area contributed by atoms with Crippen LogP contribution in [0.15, 0.2) is 23.2 Å². The van der Waals surface area contributed by atoms with E-state index in [1.807, 2.05) is 18.7 Å². The average Bonchev–Trinajstić information content (AvgIpc) is 2.48. The Morgan fingerprint density at radius 2 is 2.30 bits per heavy atom. The number of pyridine rings is 1. The maximum absolute atomic E-state index is 12.7. The lowest BCUT2D eigenvalue weighted by Crippen LogP contribution is -2.41. The van der Waals surface area contributed by atoms with E-state index in [-0.39, 0.29) is 0 Å². The number of sulfonamides is 1. The number of thioether (sulfide) groups is 1. The molecular weight excluding hydrogens is 294 g/mol. The lowest BCUT2D eigenvalue weighted by molar-refractivity contribution is 0.416. The molecule has 0 spiro atoms. The topological polar surface area (TPSA) is 62.3 Å². The lowest BCUT2D eigenvalue weighted by Gasteiger charge is -2.31. The highest BCUT2D eigenvalue weighted by molar-refractivity contribution is 8.00. The van der Waals surface area contributed by atoms with Crippen LogP contribution in [0.4, 0.5) is 5.82 Å². The van der Waals surface area contributed by atoms with Gasteiger partial charge in [0.15, 0.2) is 0 Å².